The Hall–Kier alpha value is -8.46. The minimum Gasteiger partial charge on any atom is -0.455 e. The maximum atomic E-state index is 7.39. The van der Waals surface area contributed by atoms with E-state index in [2.05, 4.69) is 282 Å². The van der Waals surface area contributed by atoms with Crippen LogP contribution >= 0.6 is 0 Å². The maximum Gasteiger partial charge on any atom is 0.144 e. The van der Waals surface area contributed by atoms with Gasteiger partial charge in [-0.05, 0) is 202 Å². The lowest BCUT2D eigenvalue weighted by Gasteiger charge is -2.33. The van der Waals surface area contributed by atoms with Crippen molar-refractivity contribution in [3.8, 4) is 55.6 Å². The minimum absolute atomic E-state index is 0.0117. The Bertz CT molecular complexity index is 5070. The molecule has 0 bridgehead atoms. The summed E-state index contributed by atoms with van der Waals surface area (Å²) in [7, 11) is 0. The Morgan fingerprint density at radius 2 is 0.897 bits per heavy atom. The quantitative estimate of drug-likeness (QED) is 0.0750. The standard InChI is InChI=1S/C95H99NO/c1-13-15-17-19-21-31-51-95(52-32-22-20-18-16-14-2)76-39-29-27-33-66(76)69-49-42-62(54-79(69)95)61-41-48-67-68-50-43-63(55-78(68)93(9,10)77(67)53-61)75-56-81-89(90-87(75)74-38-28-30-40-85(74)97-90)88-73-37-26-24-35-71(73)84(58-82(88)94(81,11)12)96(65-46-44-64(45-47-65)91(4,5)6)83-57-80-86(60(3)59-92(80,7)8)72-36-25-23-34-70(72)83/h23-30,33-50,53-58,60H,13-22,31-32,51-52,59H2,1-12H3. The number of furan rings is 1. The van der Waals surface area contributed by atoms with Crippen molar-refractivity contribution in [2.75, 3.05) is 4.90 Å². The zero-order valence-corrected chi connectivity index (χ0v) is 60.0. The first kappa shape index (κ1) is 63.3. The van der Waals surface area contributed by atoms with Crippen molar-refractivity contribution in [2.24, 2.45) is 0 Å². The van der Waals surface area contributed by atoms with E-state index in [1.807, 2.05) is 0 Å². The molecule has 2 nitrogen and oxygen atoms in total. The molecule has 0 spiro atoms. The summed E-state index contributed by atoms with van der Waals surface area (Å²) >= 11 is 0. The van der Waals surface area contributed by atoms with Crippen LogP contribution in [0.15, 0.2) is 199 Å². The van der Waals surface area contributed by atoms with E-state index in [4.69, 9.17) is 4.42 Å². The van der Waals surface area contributed by atoms with Crippen LogP contribution in [0.25, 0.3) is 99.1 Å². The van der Waals surface area contributed by atoms with Gasteiger partial charge < -0.3 is 9.32 Å². The van der Waals surface area contributed by atoms with Gasteiger partial charge in [-0.2, -0.15) is 0 Å². The normalized spacial score (nSPS) is 16.4. The van der Waals surface area contributed by atoms with Gasteiger partial charge in [0.05, 0.1) is 11.4 Å². The van der Waals surface area contributed by atoms with E-state index >= 15 is 0 Å². The molecule has 0 amide bonds. The molecule has 1 atom stereocenters. The van der Waals surface area contributed by atoms with E-state index in [1.54, 1.807) is 11.1 Å². The molecule has 0 radical (unpaired) electrons. The molecule has 0 saturated heterocycles. The van der Waals surface area contributed by atoms with Gasteiger partial charge in [0, 0.05) is 49.0 Å². The third-order valence-electron chi connectivity index (χ3n) is 24.3. The van der Waals surface area contributed by atoms with Gasteiger partial charge >= 0.3 is 0 Å². The Labute approximate surface area is 578 Å². The highest BCUT2D eigenvalue weighted by atomic mass is 16.3. The van der Waals surface area contributed by atoms with Gasteiger partial charge in [0.25, 0.3) is 0 Å². The fourth-order valence-corrected chi connectivity index (χ4v) is 19.3. The molecule has 97 heavy (non-hydrogen) atoms. The summed E-state index contributed by atoms with van der Waals surface area (Å²) in [6.07, 6.45) is 19.4. The molecule has 490 valence electrons. The Morgan fingerprint density at radius 3 is 1.54 bits per heavy atom. The second kappa shape index (κ2) is 23.9. The lowest BCUT2D eigenvalue weighted by molar-refractivity contribution is 0.398. The number of hydrogen-bond acceptors (Lipinski definition) is 2. The van der Waals surface area contributed by atoms with Crippen LogP contribution in [0.4, 0.5) is 17.1 Å². The highest BCUT2D eigenvalue weighted by Crippen LogP contribution is 2.62. The summed E-state index contributed by atoms with van der Waals surface area (Å²) in [5, 5.41) is 7.46. The number of benzene rings is 11. The van der Waals surface area contributed by atoms with Crippen molar-refractivity contribution >= 4 is 60.5 Å². The number of para-hydroxylation sites is 1. The van der Waals surface area contributed by atoms with Gasteiger partial charge in [-0.15, -0.1) is 0 Å². The van der Waals surface area contributed by atoms with Crippen molar-refractivity contribution in [3.63, 3.8) is 0 Å². The zero-order valence-electron chi connectivity index (χ0n) is 60.0. The highest BCUT2D eigenvalue weighted by Gasteiger charge is 2.45. The number of nitrogens with zero attached hydrogens (tertiary/aromatic N) is 1. The molecule has 0 aliphatic heterocycles. The maximum absolute atomic E-state index is 7.39. The summed E-state index contributed by atoms with van der Waals surface area (Å²) in [5.74, 6) is 0.470. The third kappa shape index (κ3) is 10.1. The molecule has 16 rings (SSSR count). The largest absolute Gasteiger partial charge is 0.455 e. The summed E-state index contributed by atoms with van der Waals surface area (Å²) in [5.41, 5.74) is 31.0. The molecule has 0 saturated carbocycles. The smallest absolute Gasteiger partial charge is 0.144 e. The predicted octanol–water partition coefficient (Wildman–Crippen LogP) is 28.2. The van der Waals surface area contributed by atoms with Gasteiger partial charge in [-0.25, -0.2) is 0 Å². The Balaban J connectivity index is 0.811. The monoisotopic (exact) mass is 1270 g/mol. The minimum atomic E-state index is -0.407. The topological polar surface area (TPSA) is 16.4 Å². The molecule has 4 aliphatic carbocycles. The second-order valence-electron chi connectivity index (χ2n) is 32.7. The van der Waals surface area contributed by atoms with E-state index in [-0.39, 0.29) is 21.7 Å². The van der Waals surface area contributed by atoms with Crippen LogP contribution in [0.1, 0.15) is 235 Å². The Kier molecular flexibility index (Phi) is 15.6. The van der Waals surface area contributed by atoms with Gasteiger partial charge in [-0.3, -0.25) is 0 Å². The number of rotatable bonds is 19. The molecule has 12 aromatic rings. The molecule has 1 aromatic heterocycles. The van der Waals surface area contributed by atoms with Gasteiger partial charge in [0.15, 0.2) is 0 Å². The van der Waals surface area contributed by atoms with E-state index in [0.29, 0.717) is 5.92 Å². The van der Waals surface area contributed by atoms with E-state index in [0.717, 1.165) is 28.7 Å². The van der Waals surface area contributed by atoms with Crippen LogP contribution in [0.3, 0.4) is 0 Å². The molecule has 0 fully saturated rings. The van der Waals surface area contributed by atoms with E-state index in [1.165, 1.54) is 223 Å². The first-order chi connectivity index (χ1) is 46.8. The molecule has 4 aliphatic rings. The lowest BCUT2D eigenvalue weighted by Crippen LogP contribution is -2.25. The molecule has 1 heterocycles. The number of anilines is 3. The summed E-state index contributed by atoms with van der Waals surface area (Å²) in [6, 6.07) is 76.4. The summed E-state index contributed by atoms with van der Waals surface area (Å²) < 4.78 is 7.39. The molecular formula is C95H99NO. The van der Waals surface area contributed by atoms with Gasteiger partial charge in [-0.1, -0.05) is 300 Å². The number of unbranched alkanes of at least 4 members (excludes halogenated alkanes) is 10. The van der Waals surface area contributed by atoms with Crippen molar-refractivity contribution in [1.29, 1.82) is 0 Å². The average molecular weight is 1270 g/mol. The zero-order chi connectivity index (χ0) is 66.9. The summed E-state index contributed by atoms with van der Waals surface area (Å²) in [6.45, 7) is 28.8. The van der Waals surface area contributed by atoms with Crippen LogP contribution in [-0.4, -0.2) is 0 Å². The van der Waals surface area contributed by atoms with E-state index in [9.17, 15) is 0 Å². The fraction of sp³-hybridized carbons (Fsp3) is 0.347. The summed E-state index contributed by atoms with van der Waals surface area (Å²) in [4.78, 5) is 2.62. The van der Waals surface area contributed by atoms with Gasteiger partial charge in [0.1, 0.15) is 11.2 Å². The molecule has 0 N–H and O–H groups in total. The van der Waals surface area contributed by atoms with Crippen molar-refractivity contribution in [2.45, 2.75) is 212 Å². The average Bonchev–Trinajstić information content (AvgIpc) is 1.55. The van der Waals surface area contributed by atoms with Crippen LogP contribution in [0.2, 0.25) is 0 Å². The van der Waals surface area contributed by atoms with Crippen molar-refractivity contribution in [3.05, 3.63) is 244 Å². The molecule has 2 heteroatoms. The highest BCUT2D eigenvalue weighted by molar-refractivity contribution is 6.22. The third-order valence-corrected chi connectivity index (χ3v) is 24.3. The van der Waals surface area contributed by atoms with Crippen LogP contribution in [-0.2, 0) is 27.1 Å². The molecule has 11 aromatic carbocycles. The van der Waals surface area contributed by atoms with Crippen molar-refractivity contribution in [1.82, 2.24) is 0 Å². The number of fused-ring (bicyclic) bond motifs is 18. The van der Waals surface area contributed by atoms with Crippen LogP contribution < -0.4 is 4.90 Å². The predicted molar refractivity (Wildman–Crippen MR) is 416 cm³/mol. The van der Waals surface area contributed by atoms with Crippen LogP contribution in [0.5, 0.6) is 0 Å². The first-order valence-corrected chi connectivity index (χ1v) is 37.4. The fourth-order valence-electron chi connectivity index (χ4n) is 19.3. The second-order valence-corrected chi connectivity index (χ2v) is 32.7. The molecular weight excluding hydrogens is 1170 g/mol. The molecule has 1 unspecified atom stereocenters. The SMILES string of the molecule is CCCCCCCCC1(CCCCCCCC)c2ccccc2-c2ccc(-c3ccc4c(c3)C(C)(C)c3cc(-c5cc6c(c7oc8ccccc8c57)-c5c(cc(N(c7ccc(C(C)(C)C)cc7)c7cc8c(c9ccccc79)C(C)CC8(C)C)c7ccccc57)C6(C)C)ccc3-4)cc21. The number of hydrogen-bond donors (Lipinski definition) is 0. The van der Waals surface area contributed by atoms with Crippen LogP contribution in [0, 0.1) is 0 Å². The van der Waals surface area contributed by atoms with E-state index < -0.39 is 5.41 Å². The Morgan fingerprint density at radius 1 is 0.412 bits per heavy atom. The van der Waals surface area contributed by atoms with Crippen molar-refractivity contribution < 1.29 is 4.42 Å². The first-order valence-electron chi connectivity index (χ1n) is 37.4. The van der Waals surface area contributed by atoms with Gasteiger partial charge in [0.2, 0.25) is 0 Å². The lowest BCUT2D eigenvalue weighted by atomic mass is 9.70.